The van der Waals surface area contributed by atoms with Gasteiger partial charge in [0.05, 0.1) is 12.8 Å². The molecule has 0 unspecified atom stereocenters. The van der Waals surface area contributed by atoms with Crippen molar-refractivity contribution < 1.29 is 17.4 Å². The van der Waals surface area contributed by atoms with E-state index in [0.717, 1.165) is 20.0 Å². The Kier molecular flexibility index (Phi) is 5.30. The van der Waals surface area contributed by atoms with Gasteiger partial charge in [-0.15, -0.1) is 0 Å². The zero-order valence-corrected chi connectivity index (χ0v) is 13.1. The minimum Gasteiger partial charge on any atom is -0.324 e. The molecule has 0 heterocycles. The molecule has 0 aromatic heterocycles. The summed E-state index contributed by atoms with van der Waals surface area (Å²) in [7, 11) is -2.75. The van der Waals surface area contributed by atoms with Crippen molar-refractivity contribution in [3.63, 3.8) is 0 Å². The van der Waals surface area contributed by atoms with Crippen LogP contribution in [0.5, 0.6) is 0 Å². The molecule has 0 bridgehead atoms. The summed E-state index contributed by atoms with van der Waals surface area (Å²) in [5.41, 5.74) is -0.317. The van der Waals surface area contributed by atoms with E-state index in [0.29, 0.717) is 0 Å². The number of amides is 1. The second-order valence-corrected chi connectivity index (χ2v) is 6.89. The molecule has 0 radical (unpaired) electrons. The molecule has 0 saturated carbocycles. The van der Waals surface area contributed by atoms with E-state index in [9.17, 15) is 13.2 Å². The predicted molar refractivity (Wildman–Crippen MR) is 78.0 cm³/mol. The third kappa shape index (κ3) is 3.80. The Morgan fingerprint density at radius 1 is 1.30 bits per heavy atom. The molecule has 0 fully saturated rings. The molecule has 0 aliphatic rings. The molecule has 6 heteroatoms. The van der Waals surface area contributed by atoms with Crippen molar-refractivity contribution >= 4 is 21.7 Å². The molecule has 1 N–H and O–H groups in total. The van der Waals surface area contributed by atoms with Crippen LogP contribution in [0, 0.1) is 5.41 Å². The Morgan fingerprint density at radius 2 is 1.90 bits per heavy atom. The van der Waals surface area contributed by atoms with E-state index in [1.165, 1.54) is 6.07 Å². The van der Waals surface area contributed by atoms with Gasteiger partial charge in [-0.3, -0.25) is 8.98 Å². The van der Waals surface area contributed by atoms with Crippen LogP contribution in [-0.4, -0.2) is 21.4 Å². The molecule has 112 valence electrons. The zero-order valence-electron chi connectivity index (χ0n) is 12.3. The average Bonchev–Trinajstić information content (AvgIpc) is 2.39. The van der Waals surface area contributed by atoms with E-state index in [-0.39, 0.29) is 16.5 Å². The quantitative estimate of drug-likeness (QED) is 0.820. The van der Waals surface area contributed by atoms with Crippen molar-refractivity contribution in [2.45, 2.75) is 38.5 Å². The smallest absolute Gasteiger partial charge is 0.298 e. The number of rotatable bonds is 6. The van der Waals surface area contributed by atoms with Crippen molar-refractivity contribution in [3.05, 3.63) is 24.3 Å². The van der Waals surface area contributed by atoms with Gasteiger partial charge >= 0.3 is 0 Å². The van der Waals surface area contributed by atoms with Gasteiger partial charge in [0.1, 0.15) is 4.90 Å². The summed E-state index contributed by atoms with van der Waals surface area (Å²) >= 11 is 0. The molecule has 1 aromatic carbocycles. The fourth-order valence-corrected chi connectivity index (χ4v) is 2.72. The van der Waals surface area contributed by atoms with Gasteiger partial charge in [-0.2, -0.15) is 8.42 Å². The molecule has 20 heavy (non-hydrogen) atoms. The fourth-order valence-electron chi connectivity index (χ4n) is 1.91. The molecular formula is C14H21NO4S. The van der Waals surface area contributed by atoms with Crippen LogP contribution < -0.4 is 5.32 Å². The normalized spacial score (nSPS) is 12.2. The second-order valence-electron chi connectivity index (χ2n) is 5.20. The Morgan fingerprint density at radius 3 is 2.45 bits per heavy atom. The molecule has 1 amide bonds. The Balaban J connectivity index is 3.09. The summed E-state index contributed by atoms with van der Waals surface area (Å²) in [6.07, 6.45) is 1.59. The van der Waals surface area contributed by atoms with Crippen LogP contribution in [0.4, 0.5) is 5.69 Å². The van der Waals surface area contributed by atoms with Gasteiger partial charge in [-0.25, -0.2) is 0 Å². The highest BCUT2D eigenvalue weighted by Gasteiger charge is 2.28. The van der Waals surface area contributed by atoms with Crippen molar-refractivity contribution in [2.75, 3.05) is 12.4 Å². The van der Waals surface area contributed by atoms with E-state index >= 15 is 0 Å². The van der Waals surface area contributed by atoms with E-state index in [4.69, 9.17) is 0 Å². The summed E-state index contributed by atoms with van der Waals surface area (Å²) in [6, 6.07) is 6.20. The monoisotopic (exact) mass is 299 g/mol. The lowest BCUT2D eigenvalue weighted by Gasteiger charge is -2.23. The number of anilines is 1. The number of carbonyl (C=O) groups excluding carboxylic acids is 1. The maximum Gasteiger partial charge on any atom is 0.298 e. The minimum absolute atomic E-state index is 0.0388. The molecule has 0 saturated heterocycles. The van der Waals surface area contributed by atoms with Gasteiger partial charge in [0, 0.05) is 5.41 Å². The topological polar surface area (TPSA) is 72.5 Å². The molecule has 0 spiro atoms. The van der Waals surface area contributed by atoms with Gasteiger partial charge in [0.2, 0.25) is 5.91 Å². The average molecular weight is 299 g/mol. The molecule has 0 atom stereocenters. The Hall–Kier alpha value is -1.40. The van der Waals surface area contributed by atoms with E-state index in [1.54, 1.807) is 18.2 Å². The van der Waals surface area contributed by atoms with Gasteiger partial charge in [0.25, 0.3) is 10.1 Å². The summed E-state index contributed by atoms with van der Waals surface area (Å²) in [5, 5.41) is 2.68. The maximum atomic E-state index is 12.2. The highest BCUT2D eigenvalue weighted by molar-refractivity contribution is 7.87. The van der Waals surface area contributed by atoms with Crippen LogP contribution in [0.25, 0.3) is 0 Å². The number of hydrogen-bond acceptors (Lipinski definition) is 4. The largest absolute Gasteiger partial charge is 0.324 e. The molecule has 5 nitrogen and oxygen atoms in total. The lowest BCUT2D eigenvalue weighted by atomic mass is 9.87. The standard InChI is InChI=1S/C14H21NO4S/c1-5-10-14(2,3)13(16)15-11-8-6-7-9-12(11)20(17,18)19-4/h6-9H,5,10H2,1-4H3,(H,15,16). The SMILES string of the molecule is CCCC(C)(C)C(=O)Nc1ccccc1S(=O)(=O)OC. The van der Waals surface area contributed by atoms with Gasteiger partial charge in [-0.05, 0) is 18.6 Å². The van der Waals surface area contributed by atoms with Gasteiger partial charge in [0.15, 0.2) is 0 Å². The number of hydrogen-bond donors (Lipinski definition) is 1. The Bertz CT molecular complexity index is 579. The van der Waals surface area contributed by atoms with Crippen LogP contribution in [0.15, 0.2) is 29.2 Å². The van der Waals surface area contributed by atoms with Crippen molar-refractivity contribution in [3.8, 4) is 0 Å². The first-order valence-electron chi connectivity index (χ1n) is 6.45. The summed E-state index contributed by atoms with van der Waals surface area (Å²) in [4.78, 5) is 12.2. The predicted octanol–water partition coefficient (Wildman–Crippen LogP) is 2.79. The van der Waals surface area contributed by atoms with E-state index in [1.807, 2.05) is 20.8 Å². The third-order valence-corrected chi connectivity index (χ3v) is 4.45. The number of benzene rings is 1. The third-order valence-electron chi connectivity index (χ3n) is 3.11. The number of nitrogens with one attached hydrogen (secondary N) is 1. The summed E-state index contributed by atoms with van der Waals surface area (Å²) in [6.45, 7) is 5.66. The lowest BCUT2D eigenvalue weighted by molar-refractivity contribution is -0.124. The molecule has 0 aliphatic carbocycles. The van der Waals surface area contributed by atoms with E-state index < -0.39 is 15.5 Å². The maximum absolute atomic E-state index is 12.2. The molecule has 1 rings (SSSR count). The van der Waals surface area contributed by atoms with Crippen LogP contribution in [0.1, 0.15) is 33.6 Å². The van der Waals surface area contributed by atoms with Crippen LogP contribution >= 0.6 is 0 Å². The summed E-state index contributed by atoms with van der Waals surface area (Å²) in [5.74, 6) is -0.210. The zero-order chi connectivity index (χ0) is 15.4. The van der Waals surface area contributed by atoms with Crippen molar-refractivity contribution in [1.29, 1.82) is 0 Å². The first-order chi connectivity index (χ1) is 9.24. The minimum atomic E-state index is -3.85. The lowest BCUT2D eigenvalue weighted by Crippen LogP contribution is -2.31. The van der Waals surface area contributed by atoms with Crippen LogP contribution in [-0.2, 0) is 19.1 Å². The van der Waals surface area contributed by atoms with Crippen molar-refractivity contribution in [2.24, 2.45) is 5.41 Å². The number of carbonyl (C=O) groups is 1. The van der Waals surface area contributed by atoms with Crippen LogP contribution in [0.3, 0.4) is 0 Å². The van der Waals surface area contributed by atoms with Gasteiger partial charge < -0.3 is 5.32 Å². The first-order valence-corrected chi connectivity index (χ1v) is 7.86. The summed E-state index contributed by atoms with van der Waals surface area (Å²) < 4.78 is 28.1. The van der Waals surface area contributed by atoms with E-state index in [2.05, 4.69) is 9.50 Å². The van der Waals surface area contributed by atoms with Gasteiger partial charge in [-0.1, -0.05) is 39.3 Å². The van der Waals surface area contributed by atoms with Crippen LogP contribution in [0.2, 0.25) is 0 Å². The molecule has 0 aliphatic heterocycles. The molecular weight excluding hydrogens is 278 g/mol. The Labute approximate surface area is 120 Å². The number of para-hydroxylation sites is 1. The first kappa shape index (κ1) is 16.7. The second kappa shape index (κ2) is 6.37. The highest BCUT2D eigenvalue weighted by Crippen LogP contribution is 2.27. The van der Waals surface area contributed by atoms with Crippen molar-refractivity contribution in [1.82, 2.24) is 0 Å². The highest BCUT2D eigenvalue weighted by atomic mass is 32.2. The fraction of sp³-hybridized carbons (Fsp3) is 0.500. The molecule has 1 aromatic rings.